The monoisotopic (exact) mass is 353 g/mol. The molecule has 1 saturated heterocycles. The lowest BCUT2D eigenvalue weighted by atomic mass is 9.62. The van der Waals surface area contributed by atoms with Crippen molar-refractivity contribution in [1.82, 2.24) is 9.88 Å². The van der Waals surface area contributed by atoms with Gasteiger partial charge in [0.05, 0.1) is 5.56 Å². The molecule has 1 atom stereocenters. The number of carbonyl (C=O) groups excluding carboxylic acids is 1. The fraction of sp³-hybridized carbons (Fsp3) is 0.429. The average molecular weight is 353 g/mol. The number of rotatable bonds is 5. The topological polar surface area (TPSA) is 79.5 Å². The van der Waals surface area contributed by atoms with Gasteiger partial charge in [-0.05, 0) is 30.2 Å². The van der Waals surface area contributed by atoms with Crippen LogP contribution in [0.1, 0.15) is 53.7 Å². The first-order chi connectivity index (χ1) is 12.2. The minimum Gasteiger partial charge on any atom is -0.380 e. The van der Waals surface area contributed by atoms with Gasteiger partial charge in [-0.2, -0.15) is 0 Å². The molecule has 1 fully saturated rings. The summed E-state index contributed by atoms with van der Waals surface area (Å²) < 4.78 is 0. The zero-order chi connectivity index (χ0) is 19.1. The molecule has 0 radical (unpaired) electrons. The van der Waals surface area contributed by atoms with Crippen molar-refractivity contribution in [3.8, 4) is 0 Å². The first-order valence-electron chi connectivity index (χ1n) is 8.94. The zero-order valence-corrected chi connectivity index (χ0v) is 15.9. The number of nitrogens with zero attached hydrogens (tertiary/aromatic N) is 2. The SMILES string of the molecule is CC(C)c1ccc([C@](O)(c2cncc(C(N)=O)c2)C2(C)CN(C)C2)cc1. The predicted molar refractivity (Wildman–Crippen MR) is 102 cm³/mol. The summed E-state index contributed by atoms with van der Waals surface area (Å²) in [6, 6.07) is 9.74. The Labute approximate surface area is 154 Å². The van der Waals surface area contributed by atoms with Crippen LogP contribution in [-0.4, -0.2) is 41.0 Å². The molecule has 2 aromatic rings. The summed E-state index contributed by atoms with van der Waals surface area (Å²) >= 11 is 0. The van der Waals surface area contributed by atoms with Crippen molar-refractivity contribution in [3.63, 3.8) is 0 Å². The number of benzene rings is 1. The molecule has 5 heteroatoms. The van der Waals surface area contributed by atoms with Crippen LogP contribution in [-0.2, 0) is 5.60 Å². The van der Waals surface area contributed by atoms with E-state index in [1.807, 2.05) is 19.2 Å². The molecule has 138 valence electrons. The molecule has 3 N–H and O–H groups in total. The number of hydrogen-bond donors (Lipinski definition) is 2. The van der Waals surface area contributed by atoms with Gasteiger partial charge in [-0.15, -0.1) is 0 Å². The summed E-state index contributed by atoms with van der Waals surface area (Å²) in [4.78, 5) is 17.9. The molecule has 0 bridgehead atoms. The van der Waals surface area contributed by atoms with Crippen molar-refractivity contribution in [2.45, 2.75) is 32.3 Å². The summed E-state index contributed by atoms with van der Waals surface area (Å²) in [6.45, 7) is 7.85. The Bertz CT molecular complexity index is 810. The van der Waals surface area contributed by atoms with Crippen LogP contribution in [0, 0.1) is 5.41 Å². The van der Waals surface area contributed by atoms with Gasteiger partial charge in [-0.1, -0.05) is 45.0 Å². The molecule has 26 heavy (non-hydrogen) atoms. The molecule has 1 amide bonds. The largest absolute Gasteiger partial charge is 0.380 e. The predicted octanol–water partition coefficient (Wildman–Crippen LogP) is 2.49. The third kappa shape index (κ3) is 2.91. The highest BCUT2D eigenvalue weighted by molar-refractivity contribution is 5.92. The maximum atomic E-state index is 12.0. The highest BCUT2D eigenvalue weighted by Crippen LogP contribution is 2.50. The first kappa shape index (κ1) is 18.5. The summed E-state index contributed by atoms with van der Waals surface area (Å²) in [5, 5.41) is 12.0. The van der Waals surface area contributed by atoms with Gasteiger partial charge in [-0.3, -0.25) is 9.78 Å². The molecular weight excluding hydrogens is 326 g/mol. The van der Waals surface area contributed by atoms with Gasteiger partial charge in [0.25, 0.3) is 0 Å². The standard InChI is InChI=1S/C21H27N3O2/c1-14(2)15-5-7-17(8-6-15)21(26,20(3)12-24(4)13-20)18-9-16(19(22)25)10-23-11-18/h5-11,14,26H,12-13H2,1-4H3,(H2,22,25)/t21-/m0/s1. The second-order valence-electron chi connectivity index (χ2n) is 8.05. The molecule has 3 rings (SSSR count). The van der Waals surface area contributed by atoms with E-state index < -0.39 is 11.5 Å². The number of aromatic nitrogens is 1. The van der Waals surface area contributed by atoms with Gasteiger partial charge in [-0.25, -0.2) is 0 Å². The zero-order valence-electron chi connectivity index (χ0n) is 15.9. The van der Waals surface area contributed by atoms with E-state index in [2.05, 4.69) is 42.8 Å². The highest BCUT2D eigenvalue weighted by Gasteiger charge is 2.55. The third-order valence-corrected chi connectivity index (χ3v) is 5.55. The quantitative estimate of drug-likeness (QED) is 0.865. The average Bonchev–Trinajstić information content (AvgIpc) is 2.59. The van der Waals surface area contributed by atoms with Crippen LogP contribution in [0.25, 0.3) is 0 Å². The van der Waals surface area contributed by atoms with Crippen molar-refractivity contribution < 1.29 is 9.90 Å². The minimum atomic E-state index is -1.26. The molecule has 2 heterocycles. The molecule has 0 unspecified atom stereocenters. The van der Waals surface area contributed by atoms with E-state index in [0.717, 1.165) is 18.7 Å². The number of aliphatic hydroxyl groups is 1. The highest BCUT2D eigenvalue weighted by atomic mass is 16.3. The van der Waals surface area contributed by atoms with E-state index in [0.29, 0.717) is 17.0 Å². The van der Waals surface area contributed by atoms with Crippen LogP contribution in [0.15, 0.2) is 42.7 Å². The Morgan fingerprint density at radius 1 is 1.23 bits per heavy atom. The van der Waals surface area contributed by atoms with Gasteiger partial charge in [0.15, 0.2) is 0 Å². The van der Waals surface area contributed by atoms with Crippen LogP contribution >= 0.6 is 0 Å². The molecule has 1 aliphatic heterocycles. The van der Waals surface area contributed by atoms with Gasteiger partial charge < -0.3 is 15.7 Å². The Balaban J connectivity index is 2.14. The number of likely N-dealkylation sites (tertiary alicyclic amines) is 1. The van der Waals surface area contributed by atoms with E-state index >= 15 is 0 Å². The summed E-state index contributed by atoms with van der Waals surface area (Å²) in [7, 11) is 2.03. The molecule has 0 aliphatic carbocycles. The number of amides is 1. The van der Waals surface area contributed by atoms with Gasteiger partial charge >= 0.3 is 0 Å². The number of hydrogen-bond acceptors (Lipinski definition) is 4. The lowest BCUT2D eigenvalue weighted by Crippen LogP contribution is -2.63. The van der Waals surface area contributed by atoms with Crippen LogP contribution in [0.2, 0.25) is 0 Å². The van der Waals surface area contributed by atoms with Crippen LogP contribution < -0.4 is 5.73 Å². The second-order valence-corrected chi connectivity index (χ2v) is 8.05. The first-order valence-corrected chi connectivity index (χ1v) is 8.94. The Kier molecular flexibility index (Phi) is 4.63. The van der Waals surface area contributed by atoms with Crippen LogP contribution in [0.3, 0.4) is 0 Å². The molecule has 1 aromatic carbocycles. The maximum absolute atomic E-state index is 12.0. The number of carbonyl (C=O) groups is 1. The Morgan fingerprint density at radius 3 is 2.35 bits per heavy atom. The number of primary amides is 1. The van der Waals surface area contributed by atoms with E-state index in [1.165, 1.54) is 11.8 Å². The smallest absolute Gasteiger partial charge is 0.250 e. The van der Waals surface area contributed by atoms with Crippen molar-refractivity contribution in [2.75, 3.05) is 20.1 Å². The summed E-state index contributed by atoms with van der Waals surface area (Å²) in [6.07, 6.45) is 3.07. The Morgan fingerprint density at radius 2 is 1.85 bits per heavy atom. The maximum Gasteiger partial charge on any atom is 0.250 e. The van der Waals surface area contributed by atoms with Crippen molar-refractivity contribution >= 4 is 5.91 Å². The second kappa shape index (κ2) is 6.49. The molecule has 1 aromatic heterocycles. The minimum absolute atomic E-state index is 0.302. The van der Waals surface area contributed by atoms with E-state index in [1.54, 1.807) is 12.3 Å². The van der Waals surface area contributed by atoms with E-state index in [4.69, 9.17) is 5.73 Å². The number of nitrogens with two attached hydrogens (primary N) is 1. The fourth-order valence-electron chi connectivity index (χ4n) is 4.12. The van der Waals surface area contributed by atoms with Gasteiger partial charge in [0.1, 0.15) is 5.60 Å². The van der Waals surface area contributed by atoms with E-state index in [9.17, 15) is 9.90 Å². The van der Waals surface area contributed by atoms with Crippen LogP contribution in [0.5, 0.6) is 0 Å². The summed E-state index contributed by atoms with van der Waals surface area (Å²) in [5.74, 6) is -0.129. The Hall–Kier alpha value is -2.24. The number of pyridine rings is 1. The van der Waals surface area contributed by atoms with Crippen molar-refractivity contribution in [3.05, 3.63) is 65.0 Å². The van der Waals surface area contributed by atoms with Crippen molar-refractivity contribution in [2.24, 2.45) is 11.1 Å². The fourth-order valence-corrected chi connectivity index (χ4v) is 4.12. The van der Waals surface area contributed by atoms with Gasteiger partial charge in [0, 0.05) is 36.5 Å². The normalized spacial score (nSPS) is 19.0. The molecular formula is C21H27N3O2. The lowest BCUT2D eigenvalue weighted by Gasteiger charge is -2.55. The molecule has 0 spiro atoms. The summed E-state index contributed by atoms with van der Waals surface area (Å²) in [5.41, 5.74) is 6.71. The van der Waals surface area contributed by atoms with Crippen molar-refractivity contribution in [1.29, 1.82) is 0 Å². The van der Waals surface area contributed by atoms with Gasteiger partial charge in [0.2, 0.25) is 5.91 Å². The third-order valence-electron chi connectivity index (χ3n) is 5.55. The van der Waals surface area contributed by atoms with E-state index in [-0.39, 0.29) is 5.41 Å². The molecule has 5 nitrogen and oxygen atoms in total. The lowest BCUT2D eigenvalue weighted by molar-refractivity contribution is -0.127. The molecule has 1 aliphatic rings. The molecule has 0 saturated carbocycles. The van der Waals surface area contributed by atoms with Crippen LogP contribution in [0.4, 0.5) is 0 Å².